The molecule has 0 radical (unpaired) electrons. The van der Waals surface area contributed by atoms with Crippen molar-refractivity contribution < 1.29 is 14.3 Å². The van der Waals surface area contributed by atoms with Crippen LogP contribution in [0.15, 0.2) is 0 Å². The van der Waals surface area contributed by atoms with Gasteiger partial charge in [0.05, 0.1) is 19.3 Å². The van der Waals surface area contributed by atoms with E-state index in [1.165, 1.54) is 6.92 Å². The molecule has 0 heterocycles. The second-order valence-electron chi connectivity index (χ2n) is 5.20. The van der Waals surface area contributed by atoms with Gasteiger partial charge in [0, 0.05) is 12.3 Å². The van der Waals surface area contributed by atoms with Crippen molar-refractivity contribution in [1.82, 2.24) is 0 Å². The quantitative estimate of drug-likeness (QED) is 0.631. The molecule has 0 aromatic heterocycles. The minimum atomic E-state index is -0.225. The molecule has 0 aliphatic heterocycles. The molecule has 2 atom stereocenters. The van der Waals surface area contributed by atoms with Gasteiger partial charge in [-0.1, -0.05) is 27.7 Å². The molecule has 16 heavy (non-hydrogen) atoms. The highest BCUT2D eigenvalue weighted by Crippen LogP contribution is 2.23. The van der Waals surface area contributed by atoms with E-state index in [-0.39, 0.29) is 17.5 Å². The Morgan fingerprint density at radius 3 is 2.19 bits per heavy atom. The molecule has 3 nitrogen and oxygen atoms in total. The van der Waals surface area contributed by atoms with Crippen molar-refractivity contribution in [2.75, 3.05) is 13.2 Å². The standard InChI is InChI=1S/C13H26O3/c1-7-13(6,9-16-12(5)14)8-15-11(4)10(2)3/h10-11H,7-9H2,1-6H3. The first-order valence-corrected chi connectivity index (χ1v) is 6.05. The molecule has 96 valence electrons. The van der Waals surface area contributed by atoms with Gasteiger partial charge in [0.2, 0.25) is 0 Å². The van der Waals surface area contributed by atoms with Crippen molar-refractivity contribution in [1.29, 1.82) is 0 Å². The zero-order chi connectivity index (χ0) is 12.8. The van der Waals surface area contributed by atoms with Crippen LogP contribution in [0.5, 0.6) is 0 Å². The summed E-state index contributed by atoms with van der Waals surface area (Å²) in [5.41, 5.74) is -0.0746. The minimum absolute atomic E-state index is 0.0746. The maximum absolute atomic E-state index is 10.8. The highest BCUT2D eigenvalue weighted by Gasteiger charge is 2.25. The molecular weight excluding hydrogens is 204 g/mol. The average molecular weight is 230 g/mol. The van der Waals surface area contributed by atoms with E-state index in [9.17, 15) is 4.79 Å². The summed E-state index contributed by atoms with van der Waals surface area (Å²) in [6.45, 7) is 13.0. The van der Waals surface area contributed by atoms with Gasteiger partial charge in [-0.05, 0) is 19.3 Å². The van der Waals surface area contributed by atoms with Gasteiger partial charge >= 0.3 is 5.97 Å². The Bertz CT molecular complexity index is 213. The summed E-state index contributed by atoms with van der Waals surface area (Å²) >= 11 is 0. The van der Waals surface area contributed by atoms with Crippen LogP contribution in [0.4, 0.5) is 0 Å². The number of hydrogen-bond acceptors (Lipinski definition) is 3. The van der Waals surface area contributed by atoms with Gasteiger partial charge < -0.3 is 9.47 Å². The first-order valence-electron chi connectivity index (χ1n) is 6.05. The van der Waals surface area contributed by atoms with Gasteiger partial charge in [0.15, 0.2) is 0 Å². The van der Waals surface area contributed by atoms with Crippen molar-refractivity contribution in [3.63, 3.8) is 0 Å². The smallest absolute Gasteiger partial charge is 0.302 e. The fourth-order valence-corrected chi connectivity index (χ4v) is 1.05. The highest BCUT2D eigenvalue weighted by molar-refractivity contribution is 5.65. The number of rotatable bonds is 7. The van der Waals surface area contributed by atoms with Crippen LogP contribution in [0, 0.1) is 11.3 Å². The molecule has 0 aliphatic rings. The van der Waals surface area contributed by atoms with Crippen molar-refractivity contribution >= 4 is 5.97 Å². The first kappa shape index (κ1) is 15.4. The van der Waals surface area contributed by atoms with Gasteiger partial charge in [-0.3, -0.25) is 4.79 Å². The van der Waals surface area contributed by atoms with Gasteiger partial charge in [-0.15, -0.1) is 0 Å². The highest BCUT2D eigenvalue weighted by atomic mass is 16.5. The van der Waals surface area contributed by atoms with E-state index in [0.717, 1.165) is 6.42 Å². The molecule has 0 aromatic carbocycles. The van der Waals surface area contributed by atoms with Crippen LogP contribution in [0.1, 0.15) is 48.0 Å². The molecule has 0 saturated carbocycles. The summed E-state index contributed by atoms with van der Waals surface area (Å²) in [7, 11) is 0. The molecule has 0 spiro atoms. The molecular formula is C13H26O3. The summed E-state index contributed by atoms with van der Waals surface area (Å²) in [5, 5.41) is 0. The lowest BCUT2D eigenvalue weighted by Gasteiger charge is -2.29. The third-order valence-electron chi connectivity index (χ3n) is 3.11. The Morgan fingerprint density at radius 1 is 1.25 bits per heavy atom. The number of carbonyl (C=O) groups is 1. The molecule has 2 unspecified atom stereocenters. The molecule has 0 aromatic rings. The van der Waals surface area contributed by atoms with Gasteiger partial charge in [-0.25, -0.2) is 0 Å². The van der Waals surface area contributed by atoms with E-state index in [1.54, 1.807) is 0 Å². The van der Waals surface area contributed by atoms with Crippen LogP contribution >= 0.6 is 0 Å². The normalized spacial score (nSPS) is 16.9. The molecule has 0 saturated heterocycles. The van der Waals surface area contributed by atoms with Crippen LogP contribution in [0.3, 0.4) is 0 Å². The number of esters is 1. The van der Waals surface area contributed by atoms with E-state index >= 15 is 0 Å². The fourth-order valence-electron chi connectivity index (χ4n) is 1.05. The summed E-state index contributed by atoms with van der Waals surface area (Å²) in [6.07, 6.45) is 1.17. The molecule has 0 fully saturated rings. The van der Waals surface area contributed by atoms with Gasteiger partial charge in [-0.2, -0.15) is 0 Å². The van der Waals surface area contributed by atoms with Crippen LogP contribution in [-0.2, 0) is 14.3 Å². The van der Waals surface area contributed by atoms with Crippen LogP contribution in [-0.4, -0.2) is 25.3 Å². The van der Waals surface area contributed by atoms with E-state index in [4.69, 9.17) is 9.47 Å². The minimum Gasteiger partial charge on any atom is -0.465 e. The van der Waals surface area contributed by atoms with Crippen LogP contribution in [0.25, 0.3) is 0 Å². The summed E-state index contributed by atoms with van der Waals surface area (Å²) < 4.78 is 10.9. The Kier molecular flexibility index (Phi) is 6.65. The van der Waals surface area contributed by atoms with Crippen molar-refractivity contribution in [3.8, 4) is 0 Å². The summed E-state index contributed by atoms with van der Waals surface area (Å²) in [4.78, 5) is 10.8. The van der Waals surface area contributed by atoms with Gasteiger partial charge in [0.25, 0.3) is 0 Å². The molecule has 0 N–H and O–H groups in total. The number of ether oxygens (including phenoxy) is 2. The van der Waals surface area contributed by atoms with Gasteiger partial charge in [0.1, 0.15) is 0 Å². The van der Waals surface area contributed by atoms with Crippen molar-refractivity contribution in [2.45, 2.75) is 54.1 Å². The topological polar surface area (TPSA) is 35.5 Å². The lowest BCUT2D eigenvalue weighted by atomic mass is 9.89. The predicted molar refractivity (Wildman–Crippen MR) is 65.3 cm³/mol. The lowest BCUT2D eigenvalue weighted by molar-refractivity contribution is -0.146. The fraction of sp³-hybridized carbons (Fsp3) is 0.923. The van der Waals surface area contributed by atoms with E-state index in [2.05, 4.69) is 34.6 Å². The van der Waals surface area contributed by atoms with Crippen LogP contribution in [0.2, 0.25) is 0 Å². The third-order valence-corrected chi connectivity index (χ3v) is 3.11. The molecule has 0 bridgehead atoms. The zero-order valence-corrected chi connectivity index (χ0v) is 11.5. The Hall–Kier alpha value is -0.570. The van der Waals surface area contributed by atoms with E-state index in [1.807, 2.05) is 0 Å². The third kappa shape index (κ3) is 6.11. The van der Waals surface area contributed by atoms with Crippen LogP contribution < -0.4 is 0 Å². The van der Waals surface area contributed by atoms with E-state index < -0.39 is 0 Å². The number of carbonyl (C=O) groups excluding carboxylic acids is 1. The molecule has 0 rings (SSSR count). The average Bonchev–Trinajstić information content (AvgIpc) is 2.23. The van der Waals surface area contributed by atoms with E-state index in [0.29, 0.717) is 19.1 Å². The maximum Gasteiger partial charge on any atom is 0.302 e. The second kappa shape index (κ2) is 6.89. The number of hydrogen-bond donors (Lipinski definition) is 0. The summed E-state index contributed by atoms with van der Waals surface area (Å²) in [6, 6.07) is 0. The van der Waals surface area contributed by atoms with Crippen molar-refractivity contribution in [3.05, 3.63) is 0 Å². The first-order chi connectivity index (χ1) is 7.30. The Balaban J connectivity index is 4.10. The summed E-state index contributed by atoms with van der Waals surface area (Å²) in [5.74, 6) is 0.284. The maximum atomic E-state index is 10.8. The lowest BCUT2D eigenvalue weighted by Crippen LogP contribution is -2.32. The SMILES string of the molecule is CCC(C)(COC(C)=O)COC(C)C(C)C. The largest absolute Gasteiger partial charge is 0.465 e. The Labute approximate surface area is 99.5 Å². The predicted octanol–water partition coefficient (Wildman–Crippen LogP) is 3.03. The molecule has 3 heteroatoms. The van der Waals surface area contributed by atoms with Crippen molar-refractivity contribution in [2.24, 2.45) is 11.3 Å². The second-order valence-corrected chi connectivity index (χ2v) is 5.20. The monoisotopic (exact) mass is 230 g/mol. The zero-order valence-electron chi connectivity index (χ0n) is 11.5. The Morgan fingerprint density at radius 2 is 1.81 bits per heavy atom. The molecule has 0 amide bonds. The molecule has 0 aliphatic carbocycles.